The zero-order valence-corrected chi connectivity index (χ0v) is 16.8. The van der Waals surface area contributed by atoms with Crippen LogP contribution in [0.25, 0.3) is 5.57 Å². The van der Waals surface area contributed by atoms with Crippen LogP contribution in [0.4, 0.5) is 5.69 Å². The molecular formula is C24H28N4O. The van der Waals surface area contributed by atoms with E-state index >= 15 is 0 Å². The Morgan fingerprint density at radius 1 is 1.17 bits per heavy atom. The van der Waals surface area contributed by atoms with E-state index in [1.165, 1.54) is 29.5 Å². The van der Waals surface area contributed by atoms with Crippen molar-refractivity contribution in [2.45, 2.75) is 50.9 Å². The van der Waals surface area contributed by atoms with Crippen molar-refractivity contribution in [2.75, 3.05) is 18.4 Å². The molecule has 1 saturated heterocycles. The summed E-state index contributed by atoms with van der Waals surface area (Å²) in [6.45, 7) is 2.14. The highest BCUT2D eigenvalue weighted by Crippen LogP contribution is 2.36. The number of allylic oxidation sites excluding steroid dienone is 4. The van der Waals surface area contributed by atoms with Gasteiger partial charge in [-0.25, -0.2) is 0 Å². The molecule has 3 aliphatic rings. The number of rotatable bonds is 4. The van der Waals surface area contributed by atoms with Crippen molar-refractivity contribution in [1.29, 1.82) is 5.26 Å². The van der Waals surface area contributed by atoms with E-state index in [-0.39, 0.29) is 5.91 Å². The number of nitrogens with one attached hydrogen (secondary N) is 3. The second-order valence-electron chi connectivity index (χ2n) is 8.01. The number of piperidine rings is 1. The van der Waals surface area contributed by atoms with Gasteiger partial charge in [-0.2, -0.15) is 5.26 Å². The van der Waals surface area contributed by atoms with Gasteiger partial charge in [0.05, 0.1) is 6.07 Å². The molecule has 0 radical (unpaired) electrons. The minimum absolute atomic E-state index is 0.162. The van der Waals surface area contributed by atoms with Gasteiger partial charge < -0.3 is 16.0 Å². The molecule has 0 aromatic heterocycles. The van der Waals surface area contributed by atoms with E-state index < -0.39 is 0 Å². The van der Waals surface area contributed by atoms with E-state index in [1.807, 2.05) is 0 Å². The van der Waals surface area contributed by atoms with Gasteiger partial charge in [-0.15, -0.1) is 0 Å². The van der Waals surface area contributed by atoms with Crippen LogP contribution < -0.4 is 16.0 Å². The van der Waals surface area contributed by atoms with Crippen molar-refractivity contribution in [3.63, 3.8) is 0 Å². The average molecular weight is 389 g/mol. The number of nitriles is 1. The molecule has 1 fully saturated rings. The highest BCUT2D eigenvalue weighted by molar-refractivity contribution is 6.05. The number of carbonyl (C=O) groups excluding carboxylic acids is 1. The van der Waals surface area contributed by atoms with Crippen molar-refractivity contribution in [3.8, 4) is 6.07 Å². The number of anilines is 1. The largest absolute Gasteiger partial charge is 0.356 e. The Morgan fingerprint density at radius 3 is 2.72 bits per heavy atom. The summed E-state index contributed by atoms with van der Waals surface area (Å²) in [6, 6.07) is 8.66. The van der Waals surface area contributed by atoms with Crippen LogP contribution in [0.2, 0.25) is 0 Å². The van der Waals surface area contributed by atoms with Gasteiger partial charge in [-0.1, -0.05) is 18.2 Å². The lowest BCUT2D eigenvalue weighted by atomic mass is 9.86. The summed E-state index contributed by atoms with van der Waals surface area (Å²) in [5.74, 6) is 0.423. The first-order valence-electron chi connectivity index (χ1n) is 10.7. The number of carbonyl (C=O) groups is 1. The van der Waals surface area contributed by atoms with Gasteiger partial charge in [0.1, 0.15) is 5.70 Å². The van der Waals surface area contributed by atoms with Crippen LogP contribution in [-0.4, -0.2) is 19.0 Å². The monoisotopic (exact) mass is 388 g/mol. The van der Waals surface area contributed by atoms with E-state index in [4.69, 9.17) is 5.26 Å². The Balaban J connectivity index is 1.58. The topological polar surface area (TPSA) is 77.0 Å². The lowest BCUT2D eigenvalue weighted by Gasteiger charge is -2.25. The van der Waals surface area contributed by atoms with Crippen molar-refractivity contribution < 1.29 is 4.79 Å². The van der Waals surface area contributed by atoms with Gasteiger partial charge in [-0.3, -0.25) is 4.79 Å². The van der Waals surface area contributed by atoms with Gasteiger partial charge in [0, 0.05) is 29.4 Å². The molecule has 5 heteroatoms. The van der Waals surface area contributed by atoms with Crippen LogP contribution in [0, 0.1) is 11.3 Å². The lowest BCUT2D eigenvalue weighted by molar-refractivity contribution is -0.113. The summed E-state index contributed by atoms with van der Waals surface area (Å²) in [7, 11) is 0. The molecule has 0 unspecified atom stereocenters. The Morgan fingerprint density at radius 2 is 2.03 bits per heavy atom. The Hall–Kier alpha value is -2.84. The maximum atomic E-state index is 12.8. The predicted molar refractivity (Wildman–Crippen MR) is 116 cm³/mol. The maximum Gasteiger partial charge on any atom is 0.271 e. The van der Waals surface area contributed by atoms with E-state index in [1.54, 1.807) is 12.3 Å². The van der Waals surface area contributed by atoms with Crippen LogP contribution in [0.3, 0.4) is 0 Å². The van der Waals surface area contributed by atoms with E-state index in [0.717, 1.165) is 44.5 Å². The Bertz CT molecular complexity index is 913. The lowest BCUT2D eigenvalue weighted by Crippen LogP contribution is -2.27. The van der Waals surface area contributed by atoms with Crippen LogP contribution in [0.5, 0.6) is 0 Å². The Labute approximate surface area is 172 Å². The molecule has 0 atom stereocenters. The minimum atomic E-state index is -0.162. The predicted octanol–water partition coefficient (Wildman–Crippen LogP) is 4.33. The second kappa shape index (κ2) is 9.11. The highest BCUT2D eigenvalue weighted by Gasteiger charge is 2.20. The van der Waals surface area contributed by atoms with Gasteiger partial charge in [0.25, 0.3) is 5.91 Å². The van der Waals surface area contributed by atoms with E-state index in [9.17, 15) is 4.79 Å². The summed E-state index contributed by atoms with van der Waals surface area (Å²) in [5, 5.41) is 18.5. The molecule has 1 aromatic carbocycles. The third-order valence-electron chi connectivity index (χ3n) is 6.06. The molecule has 0 spiro atoms. The first-order valence-corrected chi connectivity index (χ1v) is 10.7. The first kappa shape index (κ1) is 19.5. The summed E-state index contributed by atoms with van der Waals surface area (Å²) in [6.07, 6.45) is 13.1. The molecule has 5 nitrogen and oxygen atoms in total. The first-order chi connectivity index (χ1) is 14.2. The Kier molecular flexibility index (Phi) is 6.12. The molecule has 3 N–H and O–H groups in total. The van der Waals surface area contributed by atoms with Gasteiger partial charge in [-0.05, 0) is 80.8 Å². The molecule has 2 heterocycles. The van der Waals surface area contributed by atoms with Gasteiger partial charge >= 0.3 is 0 Å². The van der Waals surface area contributed by atoms with Gasteiger partial charge in [0.15, 0.2) is 0 Å². The highest BCUT2D eigenvalue weighted by atomic mass is 16.2. The molecule has 150 valence electrons. The molecule has 1 amide bonds. The minimum Gasteiger partial charge on any atom is -0.356 e. The van der Waals surface area contributed by atoms with Crippen LogP contribution in [0.15, 0.2) is 47.8 Å². The molecule has 29 heavy (non-hydrogen) atoms. The number of benzene rings is 1. The summed E-state index contributed by atoms with van der Waals surface area (Å²) in [5.41, 5.74) is 5.88. The van der Waals surface area contributed by atoms with E-state index in [0.29, 0.717) is 23.6 Å². The molecule has 1 aromatic rings. The average Bonchev–Trinajstić information content (AvgIpc) is 2.80. The maximum absolute atomic E-state index is 12.8. The number of hydrogen-bond acceptors (Lipinski definition) is 4. The number of nitrogens with zero attached hydrogens (tertiary/aromatic N) is 1. The standard InChI is InChI=1S/C24H28N4O/c25-15-17-6-8-23(27-16-17)24(29)28-22-9-7-20(18-10-12-26-13-11-18)14-21(22)19-4-2-1-3-5-19/h4,7-9,14,16,18,26-27H,1-3,5-6,10-13H2,(H,28,29). The molecule has 2 aliphatic heterocycles. The molecular weight excluding hydrogens is 360 g/mol. The van der Waals surface area contributed by atoms with Crippen molar-refractivity contribution in [3.05, 3.63) is 58.9 Å². The summed E-state index contributed by atoms with van der Waals surface area (Å²) in [4.78, 5) is 12.8. The SMILES string of the molecule is N#CC1=CNC(C(=O)Nc2ccc(C3CCNCC3)cc2C2=CCCCC2)=CC1. The van der Waals surface area contributed by atoms with E-state index in [2.05, 4.69) is 46.3 Å². The third kappa shape index (κ3) is 4.60. The van der Waals surface area contributed by atoms with Crippen molar-refractivity contribution in [2.24, 2.45) is 0 Å². The molecule has 1 aliphatic carbocycles. The van der Waals surface area contributed by atoms with Crippen molar-refractivity contribution >= 4 is 17.2 Å². The number of dihydropyridines is 1. The van der Waals surface area contributed by atoms with Crippen LogP contribution in [-0.2, 0) is 4.79 Å². The van der Waals surface area contributed by atoms with Crippen molar-refractivity contribution in [1.82, 2.24) is 10.6 Å². The van der Waals surface area contributed by atoms with Crippen LogP contribution >= 0.6 is 0 Å². The normalized spacial score (nSPS) is 19.9. The zero-order valence-electron chi connectivity index (χ0n) is 16.8. The fraction of sp³-hybridized carbons (Fsp3) is 0.417. The zero-order chi connectivity index (χ0) is 20.1. The quantitative estimate of drug-likeness (QED) is 0.717. The number of hydrogen-bond donors (Lipinski definition) is 3. The second-order valence-corrected chi connectivity index (χ2v) is 8.01. The number of amides is 1. The van der Waals surface area contributed by atoms with Gasteiger partial charge in [0.2, 0.25) is 0 Å². The van der Waals surface area contributed by atoms with Crippen LogP contribution in [0.1, 0.15) is 62.0 Å². The third-order valence-corrected chi connectivity index (χ3v) is 6.06. The molecule has 0 bridgehead atoms. The molecule has 4 rings (SSSR count). The summed E-state index contributed by atoms with van der Waals surface area (Å²) >= 11 is 0. The molecule has 0 saturated carbocycles. The fourth-order valence-electron chi connectivity index (χ4n) is 4.35. The smallest absolute Gasteiger partial charge is 0.271 e. The summed E-state index contributed by atoms with van der Waals surface area (Å²) < 4.78 is 0. The fourth-order valence-corrected chi connectivity index (χ4v) is 4.35.